The van der Waals surface area contributed by atoms with E-state index in [-0.39, 0.29) is 0 Å². The molecule has 0 aliphatic rings. The fourth-order valence-corrected chi connectivity index (χ4v) is 1.85. The van der Waals surface area contributed by atoms with Crippen LogP contribution in [0, 0.1) is 6.92 Å². The average molecular weight is 229 g/mol. The zero-order valence-electron chi connectivity index (χ0n) is 8.74. The normalized spacial score (nSPS) is 11.4. The Labute approximate surface area is 89.9 Å². The molecule has 6 heteroatoms. The lowest BCUT2D eigenvalue weighted by molar-refractivity contribution is 0.593. The van der Waals surface area contributed by atoms with Crippen molar-refractivity contribution in [2.45, 2.75) is 13.5 Å². The molecular formula is C9H15N3O2S. The Morgan fingerprint density at radius 3 is 2.60 bits per heavy atom. The fraction of sp³-hybridized carbons (Fsp3) is 0.333. The van der Waals surface area contributed by atoms with E-state index in [1.54, 1.807) is 12.1 Å². The van der Waals surface area contributed by atoms with Crippen LogP contribution in [0.2, 0.25) is 0 Å². The van der Waals surface area contributed by atoms with Crippen molar-refractivity contribution in [3.05, 3.63) is 29.3 Å². The molecule has 5 nitrogen and oxygen atoms in total. The molecule has 1 aromatic rings. The Kier molecular flexibility index (Phi) is 3.67. The summed E-state index contributed by atoms with van der Waals surface area (Å²) in [6.45, 7) is 2.19. The summed E-state index contributed by atoms with van der Waals surface area (Å²) in [4.78, 5) is 0. The summed E-state index contributed by atoms with van der Waals surface area (Å²) in [5.41, 5.74) is 7.85. The van der Waals surface area contributed by atoms with Crippen molar-refractivity contribution >= 4 is 15.9 Å². The van der Waals surface area contributed by atoms with Gasteiger partial charge in [0.05, 0.1) is 5.69 Å². The van der Waals surface area contributed by atoms with E-state index in [4.69, 9.17) is 5.73 Å². The highest BCUT2D eigenvalue weighted by atomic mass is 32.2. The first-order valence-corrected chi connectivity index (χ1v) is 5.98. The van der Waals surface area contributed by atoms with Gasteiger partial charge in [-0.25, -0.2) is 4.72 Å². The van der Waals surface area contributed by atoms with Crippen molar-refractivity contribution in [2.24, 2.45) is 5.73 Å². The summed E-state index contributed by atoms with van der Waals surface area (Å²) in [6, 6.07) is 5.35. The third-order valence-corrected chi connectivity index (χ3v) is 3.15. The second-order valence-electron chi connectivity index (χ2n) is 3.11. The zero-order chi connectivity index (χ0) is 11.5. The molecule has 0 saturated heterocycles. The molecule has 0 bridgehead atoms. The van der Waals surface area contributed by atoms with Gasteiger partial charge in [0.1, 0.15) is 0 Å². The van der Waals surface area contributed by atoms with Crippen LogP contribution in [0.4, 0.5) is 5.69 Å². The molecule has 4 N–H and O–H groups in total. The van der Waals surface area contributed by atoms with Crippen LogP contribution in [0.25, 0.3) is 0 Å². The summed E-state index contributed by atoms with van der Waals surface area (Å²) in [6.07, 6.45) is 0. The number of nitrogens with two attached hydrogens (primary N) is 1. The number of aryl methyl sites for hydroxylation is 1. The predicted molar refractivity (Wildman–Crippen MR) is 60.7 cm³/mol. The Bertz CT molecular complexity index is 443. The molecule has 0 aliphatic carbocycles. The Morgan fingerprint density at radius 2 is 2.07 bits per heavy atom. The summed E-state index contributed by atoms with van der Waals surface area (Å²) in [7, 11) is -2.13. The van der Waals surface area contributed by atoms with Crippen molar-refractivity contribution in [1.29, 1.82) is 0 Å². The maximum Gasteiger partial charge on any atom is 0.298 e. The molecule has 0 aliphatic heterocycles. The van der Waals surface area contributed by atoms with Gasteiger partial charge in [0.2, 0.25) is 0 Å². The largest absolute Gasteiger partial charge is 0.326 e. The van der Waals surface area contributed by atoms with Gasteiger partial charge in [0, 0.05) is 13.6 Å². The van der Waals surface area contributed by atoms with Crippen LogP contribution < -0.4 is 15.2 Å². The Morgan fingerprint density at radius 1 is 1.40 bits per heavy atom. The van der Waals surface area contributed by atoms with Crippen LogP contribution >= 0.6 is 0 Å². The average Bonchev–Trinajstić information content (AvgIpc) is 2.18. The van der Waals surface area contributed by atoms with Crippen LogP contribution in [-0.4, -0.2) is 15.5 Å². The van der Waals surface area contributed by atoms with Crippen LogP contribution in [0.15, 0.2) is 18.2 Å². The number of nitrogens with one attached hydrogen (secondary N) is 2. The van der Waals surface area contributed by atoms with E-state index in [9.17, 15) is 8.42 Å². The molecular weight excluding hydrogens is 214 g/mol. The molecule has 0 atom stereocenters. The van der Waals surface area contributed by atoms with E-state index < -0.39 is 10.2 Å². The summed E-state index contributed by atoms with van der Waals surface area (Å²) < 4.78 is 27.2. The van der Waals surface area contributed by atoms with Gasteiger partial charge in [0.15, 0.2) is 0 Å². The second-order valence-corrected chi connectivity index (χ2v) is 4.73. The molecule has 0 aromatic heterocycles. The molecule has 84 valence electrons. The smallest absolute Gasteiger partial charge is 0.298 e. The highest BCUT2D eigenvalue weighted by Gasteiger charge is 2.10. The minimum atomic E-state index is -3.48. The number of anilines is 1. The molecule has 0 radical (unpaired) electrons. The highest BCUT2D eigenvalue weighted by Crippen LogP contribution is 2.19. The lowest BCUT2D eigenvalue weighted by Crippen LogP contribution is -2.27. The first-order chi connectivity index (χ1) is 7.00. The number of rotatable bonds is 4. The zero-order valence-corrected chi connectivity index (χ0v) is 9.56. The topological polar surface area (TPSA) is 84.2 Å². The first-order valence-electron chi connectivity index (χ1n) is 4.50. The van der Waals surface area contributed by atoms with Crippen LogP contribution in [0.1, 0.15) is 11.1 Å². The number of benzene rings is 1. The lowest BCUT2D eigenvalue weighted by atomic mass is 10.1. The minimum Gasteiger partial charge on any atom is -0.326 e. The van der Waals surface area contributed by atoms with Crippen LogP contribution in [0.5, 0.6) is 0 Å². The standard InChI is InChI=1S/C9H15N3O2S/c1-7-4-3-5-9(8(7)6-10)12-15(13,14)11-2/h3-5,11-12H,6,10H2,1-2H3. The van der Waals surface area contributed by atoms with Crippen molar-refractivity contribution < 1.29 is 8.42 Å². The van der Waals surface area contributed by atoms with Gasteiger partial charge >= 0.3 is 0 Å². The van der Waals surface area contributed by atoms with Gasteiger partial charge in [-0.2, -0.15) is 8.42 Å². The molecule has 15 heavy (non-hydrogen) atoms. The van der Waals surface area contributed by atoms with Crippen molar-refractivity contribution in [3.63, 3.8) is 0 Å². The van der Waals surface area contributed by atoms with E-state index in [1.165, 1.54) is 7.05 Å². The third kappa shape index (κ3) is 2.92. The van der Waals surface area contributed by atoms with Crippen molar-refractivity contribution in [2.75, 3.05) is 11.8 Å². The van der Waals surface area contributed by atoms with Gasteiger partial charge in [-0.3, -0.25) is 4.72 Å². The second kappa shape index (κ2) is 4.61. The third-order valence-electron chi connectivity index (χ3n) is 2.13. The Hall–Kier alpha value is -1.11. The summed E-state index contributed by atoms with van der Waals surface area (Å²) >= 11 is 0. The van der Waals surface area contributed by atoms with Crippen LogP contribution in [0.3, 0.4) is 0 Å². The monoisotopic (exact) mass is 229 g/mol. The van der Waals surface area contributed by atoms with Crippen molar-refractivity contribution in [1.82, 2.24) is 4.72 Å². The van der Waals surface area contributed by atoms with Crippen molar-refractivity contribution in [3.8, 4) is 0 Å². The SMILES string of the molecule is CNS(=O)(=O)Nc1cccc(C)c1CN. The highest BCUT2D eigenvalue weighted by molar-refractivity contribution is 7.90. The molecule has 1 rings (SSSR count). The van der Waals surface area contributed by atoms with E-state index in [0.717, 1.165) is 11.1 Å². The minimum absolute atomic E-state index is 0.300. The Balaban J connectivity index is 3.10. The van der Waals surface area contributed by atoms with Gasteiger partial charge in [-0.1, -0.05) is 12.1 Å². The molecule has 0 saturated carbocycles. The number of hydrogen-bond acceptors (Lipinski definition) is 3. The fourth-order valence-electron chi connectivity index (χ4n) is 1.26. The molecule has 0 amide bonds. The van der Waals surface area contributed by atoms with Gasteiger partial charge < -0.3 is 5.73 Å². The quantitative estimate of drug-likeness (QED) is 0.695. The molecule has 0 unspecified atom stereocenters. The van der Waals surface area contributed by atoms with E-state index in [1.807, 2.05) is 13.0 Å². The maximum atomic E-state index is 11.3. The van der Waals surface area contributed by atoms with Gasteiger partial charge in [-0.05, 0) is 24.1 Å². The number of hydrogen-bond donors (Lipinski definition) is 3. The summed E-state index contributed by atoms with van der Waals surface area (Å²) in [5.74, 6) is 0. The van der Waals surface area contributed by atoms with E-state index >= 15 is 0 Å². The van der Waals surface area contributed by atoms with Gasteiger partial charge in [-0.15, -0.1) is 0 Å². The first kappa shape index (κ1) is 12.0. The van der Waals surface area contributed by atoms with Gasteiger partial charge in [0.25, 0.3) is 10.2 Å². The summed E-state index contributed by atoms with van der Waals surface area (Å²) in [5, 5.41) is 0. The van der Waals surface area contributed by atoms with Crippen LogP contribution in [-0.2, 0) is 16.8 Å². The molecule has 1 aromatic carbocycles. The maximum absolute atomic E-state index is 11.3. The lowest BCUT2D eigenvalue weighted by Gasteiger charge is -2.12. The van der Waals surface area contributed by atoms with E-state index in [0.29, 0.717) is 12.2 Å². The predicted octanol–water partition coefficient (Wildman–Crippen LogP) is 0.330. The molecule has 0 spiro atoms. The van der Waals surface area contributed by atoms with E-state index in [2.05, 4.69) is 9.44 Å². The molecule has 0 heterocycles. The molecule has 0 fully saturated rings.